The van der Waals surface area contributed by atoms with Crippen LogP contribution >= 0.6 is 0 Å². The minimum atomic E-state index is -0.794. The number of hydrogen-bond donors (Lipinski definition) is 2. The van der Waals surface area contributed by atoms with Gasteiger partial charge in [0.1, 0.15) is 11.8 Å². The fourth-order valence-corrected chi connectivity index (χ4v) is 3.53. The Labute approximate surface area is 184 Å². The maximum Gasteiger partial charge on any atom is 0.414 e. The second-order valence-corrected chi connectivity index (χ2v) is 7.40. The van der Waals surface area contributed by atoms with Crippen LogP contribution in [0.3, 0.4) is 0 Å². The molecule has 2 heterocycles. The van der Waals surface area contributed by atoms with Crippen LogP contribution in [-0.2, 0) is 19.1 Å². The molecule has 1 aromatic carbocycles. The standard InChI is InChI=1S/C20H28F2N4O6/c1-14(28)23-12-16-13-26(20(29)32-16)15-10-17(21)19(18(22)11-15)24-2-3-25(31-8-4-24)5-7-30-9-6-27/h10-11,16,27H,2-9,12-13H2,1H3,(H,23,28)/t16-/m0/s1. The van der Waals surface area contributed by atoms with Crippen molar-refractivity contribution in [2.24, 2.45) is 0 Å². The summed E-state index contributed by atoms with van der Waals surface area (Å²) in [6.07, 6.45) is -1.33. The lowest BCUT2D eigenvalue weighted by molar-refractivity contribution is -0.156. The summed E-state index contributed by atoms with van der Waals surface area (Å²) in [4.78, 5) is 31.5. The quantitative estimate of drug-likeness (QED) is 0.516. The normalized spacial score (nSPS) is 19.8. The van der Waals surface area contributed by atoms with Crippen molar-refractivity contribution in [3.05, 3.63) is 23.8 Å². The molecule has 2 saturated heterocycles. The number of nitrogens with one attached hydrogen (secondary N) is 1. The number of ether oxygens (including phenoxy) is 2. The lowest BCUT2D eigenvalue weighted by atomic mass is 10.2. The molecule has 2 fully saturated rings. The van der Waals surface area contributed by atoms with Crippen molar-refractivity contribution in [2.75, 3.05) is 75.5 Å². The molecule has 178 valence electrons. The second-order valence-electron chi connectivity index (χ2n) is 7.40. The lowest BCUT2D eigenvalue weighted by Crippen LogP contribution is -2.34. The summed E-state index contributed by atoms with van der Waals surface area (Å²) in [5, 5.41) is 12.9. The largest absolute Gasteiger partial charge is 0.442 e. The summed E-state index contributed by atoms with van der Waals surface area (Å²) in [6.45, 7) is 3.81. The molecule has 10 nitrogen and oxygen atoms in total. The molecule has 2 aliphatic rings. The molecule has 0 saturated carbocycles. The van der Waals surface area contributed by atoms with Crippen LogP contribution in [0, 0.1) is 11.6 Å². The van der Waals surface area contributed by atoms with Crippen LogP contribution in [0.2, 0.25) is 0 Å². The number of hydrogen-bond acceptors (Lipinski definition) is 8. The summed E-state index contributed by atoms with van der Waals surface area (Å²) in [7, 11) is 0. The highest BCUT2D eigenvalue weighted by Gasteiger charge is 2.34. The first kappa shape index (κ1) is 24.1. The number of amides is 2. The predicted octanol–water partition coefficient (Wildman–Crippen LogP) is 0.489. The highest BCUT2D eigenvalue weighted by molar-refractivity contribution is 5.90. The van der Waals surface area contributed by atoms with Crippen molar-refractivity contribution in [3.63, 3.8) is 0 Å². The van der Waals surface area contributed by atoms with Crippen LogP contribution in [0.1, 0.15) is 6.92 Å². The third-order valence-electron chi connectivity index (χ3n) is 5.06. The molecule has 32 heavy (non-hydrogen) atoms. The molecule has 12 heteroatoms. The van der Waals surface area contributed by atoms with Crippen LogP contribution in [-0.4, -0.2) is 94.0 Å². The molecule has 0 unspecified atom stereocenters. The Kier molecular flexibility index (Phi) is 8.56. The van der Waals surface area contributed by atoms with Gasteiger partial charge in [-0.2, -0.15) is 5.06 Å². The van der Waals surface area contributed by atoms with Gasteiger partial charge in [-0.15, -0.1) is 0 Å². The van der Waals surface area contributed by atoms with Crippen LogP contribution in [0.25, 0.3) is 0 Å². The van der Waals surface area contributed by atoms with Gasteiger partial charge in [-0.05, 0) is 0 Å². The Balaban J connectivity index is 1.63. The molecular formula is C20H28F2N4O6. The topological polar surface area (TPSA) is 104 Å². The van der Waals surface area contributed by atoms with Crippen LogP contribution in [0.4, 0.5) is 25.0 Å². The minimum absolute atomic E-state index is 0.0489. The second kappa shape index (κ2) is 11.4. The van der Waals surface area contributed by atoms with Crippen molar-refractivity contribution in [1.82, 2.24) is 10.4 Å². The molecule has 0 spiro atoms. The van der Waals surface area contributed by atoms with Gasteiger partial charge in [-0.3, -0.25) is 14.5 Å². The first-order valence-electron chi connectivity index (χ1n) is 10.4. The highest BCUT2D eigenvalue weighted by atomic mass is 19.1. The number of benzene rings is 1. The van der Waals surface area contributed by atoms with Gasteiger partial charge in [-0.1, -0.05) is 0 Å². The van der Waals surface area contributed by atoms with E-state index in [2.05, 4.69) is 5.32 Å². The minimum Gasteiger partial charge on any atom is -0.442 e. The molecular weight excluding hydrogens is 430 g/mol. The molecule has 2 aliphatic heterocycles. The first-order valence-corrected chi connectivity index (χ1v) is 10.4. The molecule has 1 atom stereocenters. The van der Waals surface area contributed by atoms with Crippen molar-refractivity contribution in [1.29, 1.82) is 0 Å². The predicted molar refractivity (Wildman–Crippen MR) is 110 cm³/mol. The summed E-state index contributed by atoms with van der Waals surface area (Å²) < 4.78 is 40.2. The zero-order chi connectivity index (χ0) is 23.1. The number of halogens is 2. The zero-order valence-corrected chi connectivity index (χ0v) is 17.9. The van der Waals surface area contributed by atoms with E-state index in [0.29, 0.717) is 26.2 Å². The van der Waals surface area contributed by atoms with E-state index in [4.69, 9.17) is 19.4 Å². The lowest BCUT2D eigenvalue weighted by Gasteiger charge is -2.24. The number of cyclic esters (lactones) is 1. The van der Waals surface area contributed by atoms with Gasteiger partial charge < -0.3 is 24.8 Å². The maximum absolute atomic E-state index is 14.9. The molecule has 3 rings (SSSR count). The van der Waals surface area contributed by atoms with Gasteiger partial charge in [0.25, 0.3) is 0 Å². The summed E-state index contributed by atoms with van der Waals surface area (Å²) in [5.74, 6) is -1.85. The number of aliphatic hydroxyl groups is 1. The van der Waals surface area contributed by atoms with Gasteiger partial charge in [0, 0.05) is 45.2 Å². The van der Waals surface area contributed by atoms with E-state index in [1.165, 1.54) is 6.92 Å². The van der Waals surface area contributed by atoms with E-state index in [9.17, 15) is 18.4 Å². The van der Waals surface area contributed by atoms with Crippen molar-refractivity contribution >= 4 is 23.4 Å². The molecule has 0 radical (unpaired) electrons. The fourth-order valence-electron chi connectivity index (χ4n) is 3.53. The Morgan fingerprint density at radius 2 is 2.00 bits per heavy atom. The summed E-state index contributed by atoms with van der Waals surface area (Å²) in [6, 6.07) is 2.21. The third kappa shape index (κ3) is 6.25. The van der Waals surface area contributed by atoms with Crippen LogP contribution in [0.5, 0.6) is 0 Å². The van der Waals surface area contributed by atoms with Gasteiger partial charge in [0.05, 0.1) is 45.2 Å². The monoisotopic (exact) mass is 458 g/mol. The Morgan fingerprint density at radius 3 is 2.69 bits per heavy atom. The molecule has 0 bridgehead atoms. The fraction of sp³-hybridized carbons (Fsp3) is 0.600. The van der Waals surface area contributed by atoms with Gasteiger partial charge in [0.2, 0.25) is 5.91 Å². The zero-order valence-electron chi connectivity index (χ0n) is 17.9. The van der Waals surface area contributed by atoms with Crippen molar-refractivity contribution in [3.8, 4) is 0 Å². The molecule has 0 aliphatic carbocycles. The molecule has 0 aromatic heterocycles. The van der Waals surface area contributed by atoms with E-state index in [1.807, 2.05) is 0 Å². The number of hydroxylamine groups is 2. The number of carbonyl (C=O) groups excluding carboxylic acids is 2. The number of nitrogens with zero attached hydrogens (tertiary/aromatic N) is 3. The van der Waals surface area contributed by atoms with E-state index in [-0.39, 0.29) is 56.7 Å². The molecule has 2 amide bonds. The van der Waals surface area contributed by atoms with Gasteiger partial charge >= 0.3 is 6.09 Å². The average Bonchev–Trinajstić information content (AvgIpc) is 2.96. The first-order chi connectivity index (χ1) is 15.4. The maximum atomic E-state index is 14.9. The SMILES string of the molecule is CC(=O)NC[C@H]1CN(c2cc(F)c(N3CCON(CCOCCO)CC3)c(F)c2)C(=O)O1. The van der Waals surface area contributed by atoms with E-state index >= 15 is 0 Å². The molecule has 1 aromatic rings. The van der Waals surface area contributed by atoms with Crippen LogP contribution < -0.4 is 15.1 Å². The Hall–Kier alpha value is -2.54. The van der Waals surface area contributed by atoms with Crippen molar-refractivity contribution in [2.45, 2.75) is 13.0 Å². The summed E-state index contributed by atoms with van der Waals surface area (Å²) in [5.41, 5.74) is -0.133. The third-order valence-corrected chi connectivity index (χ3v) is 5.06. The number of rotatable bonds is 9. The average molecular weight is 458 g/mol. The van der Waals surface area contributed by atoms with Crippen molar-refractivity contribution < 1.29 is 37.8 Å². The number of aliphatic hydroxyl groups excluding tert-OH is 1. The Morgan fingerprint density at radius 1 is 1.25 bits per heavy atom. The Bertz CT molecular complexity index is 791. The summed E-state index contributed by atoms with van der Waals surface area (Å²) >= 11 is 0. The number of carbonyl (C=O) groups is 2. The molecule has 2 N–H and O–H groups in total. The van der Waals surface area contributed by atoms with E-state index in [1.54, 1.807) is 9.96 Å². The highest BCUT2D eigenvalue weighted by Crippen LogP contribution is 2.31. The smallest absolute Gasteiger partial charge is 0.414 e. The number of anilines is 2. The van der Waals surface area contributed by atoms with Gasteiger partial charge in [-0.25, -0.2) is 13.6 Å². The van der Waals surface area contributed by atoms with E-state index < -0.39 is 23.8 Å². The van der Waals surface area contributed by atoms with Gasteiger partial charge in [0.15, 0.2) is 11.6 Å². The van der Waals surface area contributed by atoms with Crippen LogP contribution in [0.15, 0.2) is 12.1 Å². The van der Waals surface area contributed by atoms with E-state index in [0.717, 1.165) is 17.0 Å².